The SMILES string of the molecule is CC(O[Si](C)(C)C(C)(C)C)C1=CC(c2cccc(I)c2)(c2cccc(C#N)c2)ON1. The van der Waals surface area contributed by atoms with Crippen molar-refractivity contribution in [3.8, 4) is 6.07 Å². The second kappa shape index (κ2) is 8.46. The van der Waals surface area contributed by atoms with Gasteiger partial charge in [-0.25, -0.2) is 0 Å². The molecule has 158 valence electrons. The van der Waals surface area contributed by atoms with Crippen LogP contribution in [-0.2, 0) is 14.9 Å². The lowest BCUT2D eigenvalue weighted by molar-refractivity contribution is -0.0216. The zero-order valence-corrected chi connectivity index (χ0v) is 21.6. The Balaban J connectivity index is 2.07. The highest BCUT2D eigenvalue weighted by molar-refractivity contribution is 14.1. The molecule has 0 radical (unpaired) electrons. The molecule has 0 aliphatic carbocycles. The molecule has 2 atom stereocenters. The van der Waals surface area contributed by atoms with Crippen LogP contribution >= 0.6 is 22.6 Å². The molecule has 1 heterocycles. The summed E-state index contributed by atoms with van der Waals surface area (Å²) >= 11 is 2.31. The van der Waals surface area contributed by atoms with Crippen molar-refractivity contribution in [2.24, 2.45) is 0 Å². The van der Waals surface area contributed by atoms with Gasteiger partial charge in [0.15, 0.2) is 13.9 Å². The summed E-state index contributed by atoms with van der Waals surface area (Å²) in [5.41, 5.74) is 5.75. The van der Waals surface area contributed by atoms with Crippen molar-refractivity contribution in [3.05, 3.63) is 80.6 Å². The molecule has 4 nitrogen and oxygen atoms in total. The maximum absolute atomic E-state index is 9.41. The number of halogens is 1. The minimum Gasteiger partial charge on any atom is -0.409 e. The molecule has 30 heavy (non-hydrogen) atoms. The van der Waals surface area contributed by atoms with Gasteiger partial charge >= 0.3 is 0 Å². The van der Waals surface area contributed by atoms with E-state index in [2.05, 4.69) is 99.2 Å². The zero-order valence-electron chi connectivity index (χ0n) is 18.4. The second-order valence-electron chi connectivity index (χ2n) is 9.26. The summed E-state index contributed by atoms with van der Waals surface area (Å²) in [6.07, 6.45) is 1.97. The van der Waals surface area contributed by atoms with E-state index in [9.17, 15) is 5.26 Å². The Morgan fingerprint density at radius 2 is 1.77 bits per heavy atom. The van der Waals surface area contributed by atoms with Gasteiger partial charge in [0.2, 0.25) is 0 Å². The predicted octanol–water partition coefficient (Wildman–Crippen LogP) is 6.24. The van der Waals surface area contributed by atoms with Gasteiger partial charge in [0.1, 0.15) is 0 Å². The third-order valence-electron chi connectivity index (χ3n) is 6.08. The number of nitrogens with one attached hydrogen (secondary N) is 1. The Morgan fingerprint density at radius 1 is 1.13 bits per heavy atom. The van der Waals surface area contributed by atoms with E-state index in [4.69, 9.17) is 9.26 Å². The maximum Gasteiger partial charge on any atom is 0.192 e. The Bertz CT molecular complexity index is 1010. The van der Waals surface area contributed by atoms with Gasteiger partial charge in [-0.05, 0) is 89.1 Å². The summed E-state index contributed by atoms with van der Waals surface area (Å²) in [6.45, 7) is 13.3. The third kappa shape index (κ3) is 4.49. The fourth-order valence-corrected chi connectivity index (χ4v) is 5.20. The lowest BCUT2D eigenvalue weighted by Gasteiger charge is -2.38. The number of nitrogens with zero attached hydrogens (tertiary/aromatic N) is 1. The van der Waals surface area contributed by atoms with E-state index in [1.807, 2.05) is 30.3 Å². The molecule has 6 heteroatoms. The van der Waals surface area contributed by atoms with Crippen LogP contribution < -0.4 is 5.48 Å². The van der Waals surface area contributed by atoms with Crippen LogP contribution in [0.25, 0.3) is 0 Å². The summed E-state index contributed by atoms with van der Waals surface area (Å²) in [6, 6.07) is 18.1. The number of nitriles is 1. The predicted molar refractivity (Wildman–Crippen MR) is 131 cm³/mol. The van der Waals surface area contributed by atoms with Crippen LogP contribution in [0.3, 0.4) is 0 Å². The molecule has 2 aromatic carbocycles. The molecule has 0 saturated heterocycles. The zero-order chi connectivity index (χ0) is 22.2. The highest BCUT2D eigenvalue weighted by Gasteiger charge is 2.43. The first kappa shape index (κ1) is 23.0. The van der Waals surface area contributed by atoms with E-state index in [0.717, 1.165) is 20.4 Å². The van der Waals surface area contributed by atoms with Crippen LogP contribution in [0.4, 0.5) is 0 Å². The van der Waals surface area contributed by atoms with E-state index < -0.39 is 13.9 Å². The summed E-state index contributed by atoms with van der Waals surface area (Å²) in [4.78, 5) is 6.28. The first-order chi connectivity index (χ1) is 14.0. The van der Waals surface area contributed by atoms with Crippen molar-refractivity contribution in [3.63, 3.8) is 0 Å². The molecule has 1 aliphatic heterocycles. The van der Waals surface area contributed by atoms with Crippen molar-refractivity contribution < 1.29 is 9.26 Å². The van der Waals surface area contributed by atoms with Crippen molar-refractivity contribution >= 4 is 30.9 Å². The normalized spacial score (nSPS) is 20.3. The topological polar surface area (TPSA) is 54.3 Å². The summed E-state index contributed by atoms with van der Waals surface area (Å²) in [7, 11) is -1.94. The third-order valence-corrected chi connectivity index (χ3v) is 11.3. The minimum atomic E-state index is -1.94. The Hall–Kier alpha value is -1.66. The van der Waals surface area contributed by atoms with Gasteiger partial charge in [-0.1, -0.05) is 45.0 Å². The molecule has 0 bridgehead atoms. The Morgan fingerprint density at radius 3 is 2.37 bits per heavy atom. The number of hydrogen-bond donors (Lipinski definition) is 1. The van der Waals surface area contributed by atoms with Gasteiger partial charge < -0.3 is 4.43 Å². The average Bonchev–Trinajstić information content (AvgIpc) is 3.14. The lowest BCUT2D eigenvalue weighted by atomic mass is 9.85. The van der Waals surface area contributed by atoms with Gasteiger partial charge in [0.25, 0.3) is 0 Å². The molecule has 0 saturated carbocycles. The fraction of sp³-hybridized carbons (Fsp3) is 0.375. The second-order valence-corrected chi connectivity index (χ2v) is 15.3. The molecular weight excluding hydrogens is 503 g/mol. The van der Waals surface area contributed by atoms with Crippen LogP contribution in [0, 0.1) is 14.9 Å². The van der Waals surface area contributed by atoms with Crippen molar-refractivity contribution in [1.29, 1.82) is 5.26 Å². The Kier molecular flexibility index (Phi) is 6.49. The van der Waals surface area contributed by atoms with Crippen LogP contribution in [0.5, 0.6) is 0 Å². The number of rotatable bonds is 5. The monoisotopic (exact) mass is 532 g/mol. The minimum absolute atomic E-state index is 0.120. The van der Waals surface area contributed by atoms with Crippen LogP contribution in [0.1, 0.15) is 44.4 Å². The van der Waals surface area contributed by atoms with Crippen LogP contribution in [0.15, 0.2) is 60.3 Å². The van der Waals surface area contributed by atoms with Gasteiger partial charge in [-0.3, -0.25) is 10.3 Å². The molecule has 0 spiro atoms. The van der Waals surface area contributed by atoms with E-state index in [1.54, 1.807) is 0 Å². The molecular formula is C24H29IN2O2Si. The average molecular weight is 532 g/mol. The van der Waals surface area contributed by atoms with Gasteiger partial charge in [-0.15, -0.1) is 0 Å². The van der Waals surface area contributed by atoms with Gasteiger partial charge in [0.05, 0.1) is 23.4 Å². The first-order valence-electron chi connectivity index (χ1n) is 10.1. The van der Waals surface area contributed by atoms with Gasteiger partial charge in [0, 0.05) is 3.57 Å². The molecule has 1 aliphatic rings. The van der Waals surface area contributed by atoms with E-state index in [-0.39, 0.29) is 11.1 Å². The van der Waals surface area contributed by atoms with E-state index in [1.165, 1.54) is 0 Å². The molecule has 2 aromatic rings. The molecule has 0 amide bonds. The van der Waals surface area contributed by atoms with Crippen LogP contribution in [0.2, 0.25) is 18.1 Å². The molecule has 0 fully saturated rings. The van der Waals surface area contributed by atoms with Crippen molar-refractivity contribution in [1.82, 2.24) is 5.48 Å². The largest absolute Gasteiger partial charge is 0.409 e. The van der Waals surface area contributed by atoms with E-state index >= 15 is 0 Å². The van der Waals surface area contributed by atoms with Crippen molar-refractivity contribution in [2.45, 2.75) is 57.5 Å². The first-order valence-corrected chi connectivity index (χ1v) is 14.1. The standard InChI is InChI=1S/C24H29IN2O2Si/c1-17(28-30(5,6)23(2,3)4)22-15-24(29-27-22,20-11-8-12-21(25)14-20)19-10-7-9-18(13-19)16-26/h7-15,17,27H,1-6H3. The molecule has 2 unspecified atom stereocenters. The molecule has 0 aromatic heterocycles. The molecule has 3 rings (SSSR count). The number of benzene rings is 2. The molecule has 1 N–H and O–H groups in total. The fourth-order valence-electron chi connectivity index (χ4n) is 3.29. The highest BCUT2D eigenvalue weighted by atomic mass is 127. The van der Waals surface area contributed by atoms with Crippen molar-refractivity contribution in [2.75, 3.05) is 0 Å². The lowest BCUT2D eigenvalue weighted by Crippen LogP contribution is -2.44. The summed E-state index contributed by atoms with van der Waals surface area (Å²) < 4.78 is 7.72. The quantitative estimate of drug-likeness (QED) is 0.366. The Labute approximate surface area is 194 Å². The maximum atomic E-state index is 9.41. The van der Waals surface area contributed by atoms with E-state index in [0.29, 0.717) is 5.56 Å². The van der Waals surface area contributed by atoms with Crippen LogP contribution in [-0.4, -0.2) is 14.4 Å². The smallest absolute Gasteiger partial charge is 0.192 e. The summed E-state index contributed by atoms with van der Waals surface area (Å²) in [5, 5.41) is 9.53. The summed E-state index contributed by atoms with van der Waals surface area (Å²) in [5.74, 6) is 0. The number of hydroxylamine groups is 1. The van der Waals surface area contributed by atoms with Gasteiger partial charge in [-0.2, -0.15) is 5.26 Å². The highest BCUT2D eigenvalue weighted by Crippen LogP contribution is 2.42. The number of hydrogen-bond acceptors (Lipinski definition) is 4.